The van der Waals surface area contributed by atoms with E-state index in [1.165, 1.54) is 13.0 Å². The molecule has 3 rings (SSSR count). The second-order valence-corrected chi connectivity index (χ2v) is 4.22. The number of benzene rings is 1. The SMILES string of the molecule is CC(=O)/C=C/c1cc(-c2ccc3c(c2)OCO3)n[nH]1. The molecule has 5 heteroatoms. The second-order valence-electron chi connectivity index (χ2n) is 4.22. The molecule has 0 bridgehead atoms. The Labute approximate surface area is 109 Å². The molecule has 0 fully saturated rings. The predicted octanol–water partition coefficient (Wildman–Crippen LogP) is 2.41. The Morgan fingerprint density at radius 3 is 3.00 bits per heavy atom. The summed E-state index contributed by atoms with van der Waals surface area (Å²) in [6.07, 6.45) is 3.20. The van der Waals surface area contributed by atoms with Crippen molar-refractivity contribution in [3.05, 3.63) is 36.0 Å². The van der Waals surface area contributed by atoms with Gasteiger partial charge in [-0.1, -0.05) is 0 Å². The Kier molecular flexibility index (Phi) is 2.79. The summed E-state index contributed by atoms with van der Waals surface area (Å²) in [6.45, 7) is 1.76. The molecule has 0 atom stereocenters. The number of aromatic amines is 1. The fraction of sp³-hybridized carbons (Fsp3) is 0.143. The molecule has 1 aliphatic heterocycles. The highest BCUT2D eigenvalue weighted by atomic mass is 16.7. The molecule has 96 valence electrons. The fourth-order valence-electron chi connectivity index (χ4n) is 1.83. The molecule has 1 aliphatic rings. The largest absolute Gasteiger partial charge is 0.454 e. The van der Waals surface area contributed by atoms with Crippen LogP contribution in [0.2, 0.25) is 0 Å². The van der Waals surface area contributed by atoms with Gasteiger partial charge < -0.3 is 9.47 Å². The van der Waals surface area contributed by atoms with Crippen molar-refractivity contribution in [1.82, 2.24) is 10.2 Å². The van der Waals surface area contributed by atoms with Crippen LogP contribution in [0.5, 0.6) is 11.5 Å². The summed E-state index contributed by atoms with van der Waals surface area (Å²) in [5.41, 5.74) is 2.51. The van der Waals surface area contributed by atoms with E-state index in [0.717, 1.165) is 28.5 Å². The third kappa shape index (κ3) is 2.35. The molecule has 0 aliphatic carbocycles. The molecule has 2 aromatic rings. The summed E-state index contributed by atoms with van der Waals surface area (Å²) >= 11 is 0. The zero-order valence-corrected chi connectivity index (χ0v) is 10.3. The quantitative estimate of drug-likeness (QED) is 0.856. The number of aromatic nitrogens is 2. The van der Waals surface area contributed by atoms with E-state index >= 15 is 0 Å². The van der Waals surface area contributed by atoms with Crippen molar-refractivity contribution in [3.63, 3.8) is 0 Å². The minimum absolute atomic E-state index is 0.000713. The van der Waals surface area contributed by atoms with E-state index in [1.54, 1.807) is 6.08 Å². The molecule has 0 unspecified atom stereocenters. The Morgan fingerprint density at radius 2 is 2.16 bits per heavy atom. The van der Waals surface area contributed by atoms with Crippen molar-refractivity contribution in [2.75, 3.05) is 6.79 Å². The van der Waals surface area contributed by atoms with Crippen LogP contribution in [0.4, 0.5) is 0 Å². The number of nitrogens with one attached hydrogen (secondary N) is 1. The summed E-state index contributed by atoms with van der Waals surface area (Å²) in [7, 11) is 0. The van der Waals surface area contributed by atoms with E-state index < -0.39 is 0 Å². The molecule has 0 spiro atoms. The van der Waals surface area contributed by atoms with Crippen LogP contribution in [0, 0.1) is 0 Å². The van der Waals surface area contributed by atoms with E-state index in [-0.39, 0.29) is 12.6 Å². The Bertz CT molecular complexity index is 658. The van der Waals surface area contributed by atoms with Crippen LogP contribution >= 0.6 is 0 Å². The van der Waals surface area contributed by atoms with Crippen LogP contribution in [0.1, 0.15) is 12.6 Å². The molecule has 1 aromatic carbocycles. The number of allylic oxidation sites excluding steroid dienone is 1. The van der Waals surface area contributed by atoms with Gasteiger partial charge in [-0.2, -0.15) is 5.10 Å². The maximum atomic E-state index is 10.9. The number of rotatable bonds is 3. The van der Waals surface area contributed by atoms with E-state index in [0.29, 0.717) is 0 Å². The van der Waals surface area contributed by atoms with Crippen LogP contribution in [-0.2, 0) is 4.79 Å². The van der Waals surface area contributed by atoms with Crippen molar-refractivity contribution >= 4 is 11.9 Å². The Morgan fingerprint density at radius 1 is 1.32 bits per heavy atom. The van der Waals surface area contributed by atoms with E-state index in [1.807, 2.05) is 24.3 Å². The van der Waals surface area contributed by atoms with Crippen LogP contribution < -0.4 is 9.47 Å². The Balaban J connectivity index is 1.88. The lowest BCUT2D eigenvalue weighted by Gasteiger charge is -1.98. The van der Waals surface area contributed by atoms with Crippen molar-refractivity contribution in [2.45, 2.75) is 6.92 Å². The van der Waals surface area contributed by atoms with Crippen molar-refractivity contribution < 1.29 is 14.3 Å². The summed E-state index contributed by atoms with van der Waals surface area (Å²) < 4.78 is 10.6. The molecule has 19 heavy (non-hydrogen) atoms. The van der Waals surface area contributed by atoms with Crippen LogP contribution in [0.15, 0.2) is 30.3 Å². The molecule has 0 radical (unpaired) electrons. The van der Waals surface area contributed by atoms with Gasteiger partial charge in [0, 0.05) is 5.56 Å². The smallest absolute Gasteiger partial charge is 0.231 e. The topological polar surface area (TPSA) is 64.2 Å². The standard InChI is InChI=1S/C14H12N2O3/c1-9(17)2-4-11-7-12(16-15-11)10-3-5-13-14(6-10)19-8-18-13/h2-7H,8H2,1H3,(H,15,16)/b4-2+. The first-order valence-corrected chi connectivity index (χ1v) is 5.86. The molecular weight excluding hydrogens is 244 g/mol. The fourth-order valence-corrected chi connectivity index (χ4v) is 1.83. The monoisotopic (exact) mass is 256 g/mol. The summed E-state index contributed by atoms with van der Waals surface area (Å²) in [5.74, 6) is 1.47. The number of nitrogens with zero attached hydrogens (tertiary/aromatic N) is 1. The second kappa shape index (κ2) is 4.61. The number of H-pyrrole nitrogens is 1. The maximum Gasteiger partial charge on any atom is 0.231 e. The number of ether oxygens (including phenoxy) is 2. The third-order valence-corrected chi connectivity index (χ3v) is 2.76. The van der Waals surface area contributed by atoms with Crippen molar-refractivity contribution in [3.8, 4) is 22.8 Å². The molecule has 1 aromatic heterocycles. The predicted molar refractivity (Wildman–Crippen MR) is 69.9 cm³/mol. The zero-order chi connectivity index (χ0) is 13.2. The normalized spacial score (nSPS) is 13.1. The average Bonchev–Trinajstić information content (AvgIpc) is 3.04. The molecule has 2 heterocycles. The van der Waals surface area contributed by atoms with Gasteiger partial charge in [0.25, 0.3) is 0 Å². The van der Waals surface area contributed by atoms with Gasteiger partial charge in [-0.25, -0.2) is 0 Å². The van der Waals surface area contributed by atoms with Crippen molar-refractivity contribution in [2.24, 2.45) is 0 Å². The molecule has 0 saturated carbocycles. The van der Waals surface area contributed by atoms with Crippen LogP contribution in [0.3, 0.4) is 0 Å². The molecule has 5 nitrogen and oxygen atoms in total. The van der Waals surface area contributed by atoms with Crippen LogP contribution in [0.25, 0.3) is 17.3 Å². The van der Waals surface area contributed by atoms with E-state index in [4.69, 9.17) is 9.47 Å². The van der Waals surface area contributed by atoms with Gasteiger partial charge in [-0.15, -0.1) is 0 Å². The van der Waals surface area contributed by atoms with Crippen LogP contribution in [-0.4, -0.2) is 22.8 Å². The van der Waals surface area contributed by atoms with Gasteiger partial charge in [-0.05, 0) is 43.3 Å². The molecular formula is C14H12N2O3. The minimum atomic E-state index is -0.000713. The number of carbonyl (C=O) groups is 1. The van der Waals surface area contributed by atoms with Gasteiger partial charge in [0.1, 0.15) is 0 Å². The molecule has 0 amide bonds. The zero-order valence-electron chi connectivity index (χ0n) is 10.3. The highest BCUT2D eigenvalue weighted by Crippen LogP contribution is 2.35. The lowest BCUT2D eigenvalue weighted by molar-refractivity contribution is -0.112. The number of carbonyl (C=O) groups excluding carboxylic acids is 1. The van der Waals surface area contributed by atoms with Gasteiger partial charge >= 0.3 is 0 Å². The number of fused-ring (bicyclic) bond motifs is 1. The highest BCUT2D eigenvalue weighted by Gasteiger charge is 2.14. The first-order valence-electron chi connectivity index (χ1n) is 5.86. The van der Waals surface area contributed by atoms with E-state index in [2.05, 4.69) is 10.2 Å². The van der Waals surface area contributed by atoms with Crippen molar-refractivity contribution in [1.29, 1.82) is 0 Å². The maximum absolute atomic E-state index is 10.9. The van der Waals surface area contributed by atoms with Gasteiger partial charge in [0.05, 0.1) is 11.4 Å². The van der Waals surface area contributed by atoms with E-state index in [9.17, 15) is 4.79 Å². The van der Waals surface area contributed by atoms with Gasteiger partial charge in [0.2, 0.25) is 6.79 Å². The van der Waals surface area contributed by atoms with Gasteiger partial charge in [0.15, 0.2) is 17.3 Å². The number of hydrogen-bond acceptors (Lipinski definition) is 4. The van der Waals surface area contributed by atoms with Gasteiger partial charge in [-0.3, -0.25) is 9.89 Å². The highest BCUT2D eigenvalue weighted by molar-refractivity contribution is 5.91. The summed E-state index contributed by atoms with van der Waals surface area (Å²) in [5, 5.41) is 7.07. The molecule has 0 saturated heterocycles. The average molecular weight is 256 g/mol. The minimum Gasteiger partial charge on any atom is -0.454 e. The lowest BCUT2D eigenvalue weighted by atomic mass is 10.1. The summed E-state index contributed by atoms with van der Waals surface area (Å²) in [4.78, 5) is 10.9. The lowest BCUT2D eigenvalue weighted by Crippen LogP contribution is -1.92. The number of ketones is 1. The summed E-state index contributed by atoms with van der Waals surface area (Å²) in [6, 6.07) is 7.54. The third-order valence-electron chi connectivity index (χ3n) is 2.76. The Hall–Kier alpha value is -2.56. The number of hydrogen-bond donors (Lipinski definition) is 1. The molecule has 1 N–H and O–H groups in total. The first kappa shape index (κ1) is 11.5. The first-order chi connectivity index (χ1) is 9.22.